The van der Waals surface area contributed by atoms with E-state index in [-0.39, 0.29) is 6.10 Å². The summed E-state index contributed by atoms with van der Waals surface area (Å²) in [6, 6.07) is 9.52. The van der Waals surface area contributed by atoms with Crippen molar-refractivity contribution in [3.8, 4) is 5.69 Å². The fourth-order valence-electron chi connectivity index (χ4n) is 1.88. The molecule has 0 aliphatic carbocycles. The van der Waals surface area contributed by atoms with Crippen LogP contribution in [0.4, 0.5) is 0 Å². The maximum Gasteiger partial charge on any atom is 0.0832 e. The lowest BCUT2D eigenvalue weighted by Crippen LogP contribution is -2.24. The van der Waals surface area contributed by atoms with Crippen LogP contribution in [0.1, 0.15) is 12.6 Å². The number of benzene rings is 1. The minimum atomic E-state index is -0.363. The molecule has 0 amide bonds. The highest BCUT2D eigenvalue weighted by Gasteiger charge is 2.09. The topological polar surface area (TPSA) is 37.2 Å². The minimum absolute atomic E-state index is 0.363. The van der Waals surface area contributed by atoms with Gasteiger partial charge in [0, 0.05) is 25.0 Å². The van der Waals surface area contributed by atoms with Crippen molar-refractivity contribution in [2.75, 3.05) is 6.54 Å². The zero-order chi connectivity index (χ0) is 13.8. The van der Waals surface area contributed by atoms with Crippen molar-refractivity contribution in [3.05, 3.63) is 52.3 Å². The molecule has 5 heteroatoms. The van der Waals surface area contributed by atoms with Gasteiger partial charge in [-0.1, -0.05) is 29.3 Å². The van der Waals surface area contributed by atoms with Crippen molar-refractivity contribution in [3.63, 3.8) is 0 Å². The third kappa shape index (κ3) is 3.51. The second-order valence-electron chi connectivity index (χ2n) is 4.42. The summed E-state index contributed by atoms with van der Waals surface area (Å²) in [5, 5.41) is 13.5. The molecule has 0 radical (unpaired) electrons. The van der Waals surface area contributed by atoms with Gasteiger partial charge in [-0.3, -0.25) is 0 Å². The Balaban J connectivity index is 2.21. The largest absolute Gasteiger partial charge is 0.392 e. The zero-order valence-electron chi connectivity index (χ0n) is 10.6. The van der Waals surface area contributed by atoms with E-state index in [4.69, 9.17) is 23.2 Å². The number of nitrogens with one attached hydrogen (secondary N) is 1. The van der Waals surface area contributed by atoms with Crippen molar-refractivity contribution in [2.24, 2.45) is 0 Å². The Labute approximate surface area is 122 Å². The van der Waals surface area contributed by atoms with E-state index in [1.165, 1.54) is 0 Å². The van der Waals surface area contributed by atoms with Gasteiger partial charge in [-0.25, -0.2) is 0 Å². The number of aromatic nitrogens is 1. The normalized spacial score (nSPS) is 12.6. The van der Waals surface area contributed by atoms with E-state index in [1.807, 2.05) is 35.0 Å². The van der Waals surface area contributed by atoms with Gasteiger partial charge in [0.2, 0.25) is 0 Å². The molecule has 0 bridgehead atoms. The number of hydrogen-bond acceptors (Lipinski definition) is 2. The number of aliphatic hydroxyl groups excluding tert-OH is 1. The van der Waals surface area contributed by atoms with E-state index in [0.29, 0.717) is 23.1 Å². The van der Waals surface area contributed by atoms with Crippen molar-refractivity contribution in [2.45, 2.75) is 19.6 Å². The lowest BCUT2D eigenvalue weighted by atomic mass is 10.3. The number of rotatable bonds is 5. The lowest BCUT2D eigenvalue weighted by Gasteiger charge is -2.13. The van der Waals surface area contributed by atoms with Crippen LogP contribution in [0.2, 0.25) is 10.0 Å². The van der Waals surface area contributed by atoms with E-state index in [2.05, 4.69) is 5.32 Å². The maximum absolute atomic E-state index is 9.24. The summed E-state index contributed by atoms with van der Waals surface area (Å²) < 4.78 is 1.99. The Kier molecular flexibility index (Phi) is 4.88. The average molecular weight is 299 g/mol. The molecular formula is C14H16Cl2N2O. The van der Waals surface area contributed by atoms with Crippen molar-refractivity contribution in [1.82, 2.24) is 9.88 Å². The molecule has 0 saturated carbocycles. The standard InChI is InChI=1S/C14H16Cl2N2O/c1-10(19)8-17-9-11-4-3-7-18(11)13-6-2-5-12(15)14(13)16/h2-7,10,17,19H,8-9H2,1H3. The predicted molar refractivity (Wildman–Crippen MR) is 79.2 cm³/mol. The maximum atomic E-state index is 9.24. The van der Waals surface area contributed by atoms with E-state index >= 15 is 0 Å². The second kappa shape index (κ2) is 6.44. The highest BCUT2D eigenvalue weighted by Crippen LogP contribution is 2.29. The van der Waals surface area contributed by atoms with Gasteiger partial charge in [-0.15, -0.1) is 0 Å². The van der Waals surface area contributed by atoms with Crippen molar-refractivity contribution < 1.29 is 5.11 Å². The second-order valence-corrected chi connectivity index (χ2v) is 5.21. The first-order valence-electron chi connectivity index (χ1n) is 6.09. The van der Waals surface area contributed by atoms with Crippen LogP contribution >= 0.6 is 23.2 Å². The summed E-state index contributed by atoms with van der Waals surface area (Å²) in [6.07, 6.45) is 1.58. The van der Waals surface area contributed by atoms with Gasteiger partial charge in [-0.05, 0) is 31.2 Å². The minimum Gasteiger partial charge on any atom is -0.392 e. The average Bonchev–Trinajstić information content (AvgIpc) is 2.80. The first kappa shape index (κ1) is 14.4. The van der Waals surface area contributed by atoms with Gasteiger partial charge in [0.25, 0.3) is 0 Å². The van der Waals surface area contributed by atoms with E-state index < -0.39 is 0 Å². The summed E-state index contributed by atoms with van der Waals surface area (Å²) in [7, 11) is 0. The van der Waals surface area contributed by atoms with E-state index in [0.717, 1.165) is 11.4 Å². The zero-order valence-corrected chi connectivity index (χ0v) is 12.1. The summed E-state index contributed by atoms with van der Waals surface area (Å²) >= 11 is 12.3. The molecule has 3 nitrogen and oxygen atoms in total. The molecular weight excluding hydrogens is 283 g/mol. The highest BCUT2D eigenvalue weighted by atomic mass is 35.5. The number of nitrogens with zero attached hydrogens (tertiary/aromatic N) is 1. The fourth-order valence-corrected chi connectivity index (χ4v) is 2.27. The van der Waals surface area contributed by atoms with Gasteiger partial charge in [0.05, 0.1) is 21.8 Å². The van der Waals surface area contributed by atoms with Crippen molar-refractivity contribution >= 4 is 23.2 Å². The van der Waals surface area contributed by atoms with Crippen LogP contribution in [0.5, 0.6) is 0 Å². The monoisotopic (exact) mass is 298 g/mol. The Hall–Kier alpha value is -1.000. The van der Waals surface area contributed by atoms with Crippen LogP contribution in [0.15, 0.2) is 36.5 Å². The predicted octanol–water partition coefficient (Wildman–Crippen LogP) is 3.25. The smallest absolute Gasteiger partial charge is 0.0832 e. The molecule has 1 atom stereocenters. The third-order valence-electron chi connectivity index (χ3n) is 2.77. The molecule has 1 aromatic heterocycles. The van der Waals surface area contributed by atoms with Crippen LogP contribution in [0, 0.1) is 0 Å². The molecule has 0 fully saturated rings. The summed E-state index contributed by atoms with van der Waals surface area (Å²) in [5.74, 6) is 0. The first-order valence-corrected chi connectivity index (χ1v) is 6.84. The van der Waals surface area contributed by atoms with E-state index in [9.17, 15) is 5.11 Å². The van der Waals surface area contributed by atoms with E-state index in [1.54, 1.807) is 13.0 Å². The van der Waals surface area contributed by atoms with Gasteiger partial charge in [0.15, 0.2) is 0 Å². The molecule has 1 unspecified atom stereocenters. The lowest BCUT2D eigenvalue weighted by molar-refractivity contribution is 0.190. The summed E-state index contributed by atoms with van der Waals surface area (Å²) in [4.78, 5) is 0. The molecule has 19 heavy (non-hydrogen) atoms. The molecule has 1 heterocycles. The number of hydrogen-bond donors (Lipinski definition) is 2. The molecule has 0 aliphatic heterocycles. The number of aliphatic hydroxyl groups is 1. The molecule has 0 aliphatic rings. The fraction of sp³-hybridized carbons (Fsp3) is 0.286. The molecule has 2 rings (SSSR count). The van der Waals surface area contributed by atoms with Crippen LogP contribution in [0.25, 0.3) is 5.69 Å². The summed E-state index contributed by atoms with van der Waals surface area (Å²) in [5.41, 5.74) is 1.91. The Morgan fingerprint density at radius 2 is 2.05 bits per heavy atom. The Morgan fingerprint density at radius 3 is 2.79 bits per heavy atom. The van der Waals surface area contributed by atoms with Crippen molar-refractivity contribution in [1.29, 1.82) is 0 Å². The van der Waals surface area contributed by atoms with Gasteiger partial charge >= 0.3 is 0 Å². The van der Waals surface area contributed by atoms with Gasteiger partial charge < -0.3 is 15.0 Å². The van der Waals surface area contributed by atoms with Crippen LogP contribution in [-0.4, -0.2) is 22.3 Å². The third-order valence-corrected chi connectivity index (χ3v) is 3.58. The van der Waals surface area contributed by atoms with Gasteiger partial charge in [-0.2, -0.15) is 0 Å². The molecule has 0 saturated heterocycles. The SMILES string of the molecule is CC(O)CNCc1cccn1-c1cccc(Cl)c1Cl. The van der Waals surface area contributed by atoms with Crippen LogP contribution in [-0.2, 0) is 6.54 Å². The molecule has 102 valence electrons. The van der Waals surface area contributed by atoms with Crippen LogP contribution in [0.3, 0.4) is 0 Å². The Bertz CT molecular complexity index is 552. The quantitative estimate of drug-likeness (QED) is 0.889. The molecule has 2 aromatic rings. The first-order chi connectivity index (χ1) is 9.09. The highest BCUT2D eigenvalue weighted by molar-refractivity contribution is 6.43. The molecule has 0 spiro atoms. The molecule has 2 N–H and O–H groups in total. The molecule has 1 aromatic carbocycles. The van der Waals surface area contributed by atoms with Gasteiger partial charge in [0.1, 0.15) is 0 Å². The summed E-state index contributed by atoms with van der Waals surface area (Å²) in [6.45, 7) is 2.95. The Morgan fingerprint density at radius 1 is 1.26 bits per heavy atom. The van der Waals surface area contributed by atoms with Crippen LogP contribution < -0.4 is 5.32 Å². The number of halogens is 2.